The Bertz CT molecular complexity index is 1410. The third-order valence-corrected chi connectivity index (χ3v) is 5.33. The molecular formula is C26H18F3NO6. The molecule has 0 saturated carbocycles. The largest absolute Gasteiger partial charge is 0.503 e. The minimum Gasteiger partial charge on any atom is -0.503 e. The van der Waals surface area contributed by atoms with Crippen molar-refractivity contribution >= 4 is 11.8 Å². The summed E-state index contributed by atoms with van der Waals surface area (Å²) < 4.78 is 45.3. The zero-order valence-corrected chi connectivity index (χ0v) is 18.4. The fraction of sp³-hybridized carbons (Fsp3) is 0.0769. The van der Waals surface area contributed by atoms with Crippen LogP contribution in [0.5, 0.6) is 17.4 Å². The highest BCUT2D eigenvalue weighted by Crippen LogP contribution is 2.44. The molecule has 36 heavy (non-hydrogen) atoms. The van der Waals surface area contributed by atoms with E-state index in [2.05, 4.69) is 0 Å². The molecule has 0 atom stereocenters. The van der Waals surface area contributed by atoms with Gasteiger partial charge in [-0.25, -0.2) is 4.79 Å². The van der Waals surface area contributed by atoms with Crippen molar-refractivity contribution in [1.82, 2.24) is 4.57 Å². The zero-order chi connectivity index (χ0) is 26.0. The number of alkyl halides is 3. The van der Waals surface area contributed by atoms with Crippen LogP contribution in [0.25, 0.3) is 16.9 Å². The van der Waals surface area contributed by atoms with Crippen LogP contribution >= 0.6 is 0 Å². The molecule has 0 unspecified atom stereocenters. The Morgan fingerprint density at radius 3 is 2.03 bits per heavy atom. The average molecular weight is 497 g/mol. The molecule has 0 spiro atoms. The summed E-state index contributed by atoms with van der Waals surface area (Å²) in [6.07, 6.45) is -4.57. The Labute approximate surface area is 202 Å². The Morgan fingerprint density at radius 2 is 1.47 bits per heavy atom. The third kappa shape index (κ3) is 4.74. The van der Waals surface area contributed by atoms with Crippen molar-refractivity contribution in [2.75, 3.05) is 6.61 Å². The summed E-state index contributed by atoms with van der Waals surface area (Å²) in [7, 11) is 0. The molecule has 184 valence electrons. The maximum Gasteiger partial charge on any atom is 0.416 e. The van der Waals surface area contributed by atoms with Crippen LogP contribution in [-0.2, 0) is 11.0 Å². The fourth-order valence-corrected chi connectivity index (χ4v) is 3.67. The van der Waals surface area contributed by atoms with E-state index in [-0.39, 0.29) is 28.3 Å². The lowest BCUT2D eigenvalue weighted by Gasteiger charge is -2.13. The summed E-state index contributed by atoms with van der Waals surface area (Å²) in [6.45, 7) is -0.573. The number of nitrogens with zero attached hydrogens (tertiary/aromatic N) is 1. The van der Waals surface area contributed by atoms with Crippen LogP contribution in [0.1, 0.15) is 21.5 Å². The van der Waals surface area contributed by atoms with Crippen molar-refractivity contribution < 1.29 is 42.8 Å². The number of rotatable bonds is 7. The molecule has 3 N–H and O–H groups in total. The van der Waals surface area contributed by atoms with Gasteiger partial charge in [0.25, 0.3) is 0 Å². The van der Waals surface area contributed by atoms with Crippen molar-refractivity contribution in [2.45, 2.75) is 6.18 Å². The van der Waals surface area contributed by atoms with Crippen LogP contribution in [0.2, 0.25) is 0 Å². The molecule has 0 bridgehead atoms. The number of carboxylic acid groups (broad SMARTS) is 1. The highest BCUT2D eigenvalue weighted by atomic mass is 19.4. The average Bonchev–Trinajstić information content (AvgIpc) is 3.13. The van der Waals surface area contributed by atoms with Gasteiger partial charge >= 0.3 is 12.1 Å². The quantitative estimate of drug-likeness (QED) is 0.300. The van der Waals surface area contributed by atoms with Gasteiger partial charge in [-0.05, 0) is 54.1 Å². The summed E-state index contributed by atoms with van der Waals surface area (Å²) >= 11 is 0. The van der Waals surface area contributed by atoms with Crippen molar-refractivity contribution in [3.8, 4) is 34.3 Å². The number of ketones is 1. The smallest absolute Gasteiger partial charge is 0.416 e. The summed E-state index contributed by atoms with van der Waals surface area (Å²) in [6, 6.07) is 17.7. The Morgan fingerprint density at radius 1 is 0.861 bits per heavy atom. The molecule has 3 aromatic carbocycles. The lowest BCUT2D eigenvalue weighted by molar-refractivity contribution is -0.139. The summed E-state index contributed by atoms with van der Waals surface area (Å²) in [4.78, 5) is 24.1. The SMILES string of the molecule is O=C(O)COc1ccc(C(=O)c2c(O)c(O)n(-c3ccc(C(F)(F)F)cc3)c2-c2ccccc2)cc1. The minimum absolute atomic E-state index is 0.0709. The molecule has 0 saturated heterocycles. The van der Waals surface area contributed by atoms with E-state index >= 15 is 0 Å². The number of halogens is 3. The first kappa shape index (κ1) is 24.4. The predicted octanol–water partition coefficient (Wildman–Crippen LogP) is 5.27. The maximum absolute atomic E-state index is 13.5. The topological polar surface area (TPSA) is 109 Å². The van der Waals surface area contributed by atoms with Gasteiger partial charge in [-0.3, -0.25) is 9.36 Å². The van der Waals surface area contributed by atoms with Gasteiger partial charge in [-0.1, -0.05) is 30.3 Å². The van der Waals surface area contributed by atoms with Crippen molar-refractivity contribution in [2.24, 2.45) is 0 Å². The molecular weight excluding hydrogens is 479 g/mol. The number of hydrogen-bond acceptors (Lipinski definition) is 5. The molecule has 0 aliphatic heterocycles. The summed E-state index contributed by atoms with van der Waals surface area (Å²) in [5.74, 6) is -3.13. The molecule has 4 aromatic rings. The van der Waals surface area contributed by atoms with E-state index in [1.165, 1.54) is 24.3 Å². The Hall–Kier alpha value is -4.73. The van der Waals surface area contributed by atoms with E-state index in [4.69, 9.17) is 9.84 Å². The molecule has 0 aliphatic rings. The first-order chi connectivity index (χ1) is 17.1. The Kier molecular flexibility index (Phi) is 6.43. The van der Waals surface area contributed by atoms with Gasteiger partial charge in [0.2, 0.25) is 5.88 Å². The van der Waals surface area contributed by atoms with Gasteiger partial charge in [0.1, 0.15) is 5.75 Å². The highest BCUT2D eigenvalue weighted by Gasteiger charge is 2.32. The zero-order valence-electron chi connectivity index (χ0n) is 18.4. The summed E-state index contributed by atoms with van der Waals surface area (Å²) in [5, 5.41) is 30.3. The second-order valence-electron chi connectivity index (χ2n) is 7.68. The predicted molar refractivity (Wildman–Crippen MR) is 123 cm³/mol. The number of benzene rings is 3. The second-order valence-corrected chi connectivity index (χ2v) is 7.68. The number of ether oxygens (including phenoxy) is 1. The number of aromatic hydroxyl groups is 2. The van der Waals surface area contributed by atoms with Crippen LogP contribution < -0.4 is 4.74 Å². The van der Waals surface area contributed by atoms with E-state index in [9.17, 15) is 33.0 Å². The molecule has 0 fully saturated rings. The first-order valence-electron chi connectivity index (χ1n) is 10.5. The number of aliphatic carboxylic acids is 1. The number of carbonyl (C=O) groups is 2. The molecule has 4 rings (SSSR count). The lowest BCUT2D eigenvalue weighted by atomic mass is 9.99. The van der Waals surface area contributed by atoms with Crippen LogP contribution in [-0.4, -0.2) is 38.2 Å². The highest BCUT2D eigenvalue weighted by molar-refractivity contribution is 6.15. The molecule has 7 nitrogen and oxygen atoms in total. The van der Waals surface area contributed by atoms with Crippen molar-refractivity contribution in [3.63, 3.8) is 0 Å². The first-order valence-corrected chi connectivity index (χ1v) is 10.5. The third-order valence-electron chi connectivity index (χ3n) is 5.33. The number of carbonyl (C=O) groups excluding carboxylic acids is 1. The van der Waals surface area contributed by atoms with E-state index < -0.39 is 41.7 Å². The second kappa shape index (κ2) is 9.49. The van der Waals surface area contributed by atoms with E-state index in [1.807, 2.05) is 0 Å². The van der Waals surface area contributed by atoms with E-state index in [0.29, 0.717) is 5.56 Å². The fourth-order valence-electron chi connectivity index (χ4n) is 3.67. The van der Waals surface area contributed by atoms with Gasteiger partial charge in [-0.15, -0.1) is 0 Å². The van der Waals surface area contributed by atoms with Gasteiger partial charge in [-0.2, -0.15) is 13.2 Å². The van der Waals surface area contributed by atoms with Crippen LogP contribution in [0, 0.1) is 0 Å². The van der Waals surface area contributed by atoms with Crippen molar-refractivity contribution in [3.05, 3.63) is 95.6 Å². The number of aromatic nitrogens is 1. The number of carboxylic acids is 1. The van der Waals surface area contributed by atoms with E-state index in [1.54, 1.807) is 30.3 Å². The van der Waals surface area contributed by atoms with Gasteiger partial charge < -0.3 is 20.1 Å². The monoisotopic (exact) mass is 497 g/mol. The van der Waals surface area contributed by atoms with Crippen LogP contribution in [0.4, 0.5) is 13.2 Å². The molecule has 1 heterocycles. The molecule has 0 amide bonds. The van der Waals surface area contributed by atoms with Crippen molar-refractivity contribution in [1.29, 1.82) is 0 Å². The normalized spacial score (nSPS) is 11.3. The minimum atomic E-state index is -4.57. The van der Waals surface area contributed by atoms with E-state index in [0.717, 1.165) is 28.8 Å². The van der Waals surface area contributed by atoms with Gasteiger partial charge in [0.15, 0.2) is 18.1 Å². The standard InChI is InChI=1S/C26H18F3NO6/c27-26(28,29)17-8-10-18(11-9-17)30-22(15-4-2-1-3-5-15)21(24(34)25(30)35)23(33)16-6-12-19(13-7-16)36-14-20(31)32/h1-13,34-35H,14H2,(H,31,32). The number of hydrogen-bond donors (Lipinski definition) is 3. The van der Waals surface area contributed by atoms with Gasteiger partial charge in [0.05, 0.1) is 16.8 Å². The lowest BCUT2D eigenvalue weighted by Crippen LogP contribution is -2.09. The summed E-state index contributed by atoms with van der Waals surface area (Å²) in [5.41, 5.74) is -0.497. The molecule has 0 radical (unpaired) electrons. The van der Waals surface area contributed by atoms with Gasteiger partial charge in [0, 0.05) is 11.3 Å². The Balaban J connectivity index is 1.84. The van der Waals surface area contributed by atoms with Crippen LogP contribution in [0.15, 0.2) is 78.9 Å². The maximum atomic E-state index is 13.5. The molecule has 10 heteroatoms. The van der Waals surface area contributed by atoms with Crippen LogP contribution in [0.3, 0.4) is 0 Å². The molecule has 0 aliphatic carbocycles. The molecule has 1 aromatic heterocycles.